The second kappa shape index (κ2) is 13.3. The normalized spacial score (nSPS) is 12.2. The first-order chi connectivity index (χ1) is 20.1. The van der Waals surface area contributed by atoms with Gasteiger partial charge in [0, 0.05) is 36.0 Å². The minimum atomic E-state index is -3.70. The maximum atomic E-state index is 13.2. The van der Waals surface area contributed by atoms with Crippen LogP contribution in [0.3, 0.4) is 0 Å². The third kappa shape index (κ3) is 6.72. The van der Waals surface area contributed by atoms with Crippen molar-refractivity contribution in [3.8, 4) is 22.8 Å². The number of rotatable bonds is 12. The summed E-state index contributed by atoms with van der Waals surface area (Å²) >= 11 is 1.20. The molecule has 10 nitrogen and oxygen atoms in total. The molecule has 12 heteroatoms. The van der Waals surface area contributed by atoms with Crippen molar-refractivity contribution < 1.29 is 22.7 Å². The SMILES string of the molecule is CCN(CC)S(=O)(=O)c1cccc(-c2nnc(SC(C)C(=O)Nc3cccc(C(C)=O)c3)n2-c2cccc(OC)c2)c1. The number of ether oxygens (including phenoxy) is 1. The fraction of sp³-hybridized carbons (Fsp3) is 0.267. The molecule has 1 unspecified atom stereocenters. The molecule has 0 fully saturated rings. The number of benzene rings is 3. The number of carbonyl (C=O) groups excluding carboxylic acids is 2. The van der Waals surface area contributed by atoms with Crippen molar-refractivity contribution >= 4 is 39.2 Å². The molecule has 0 aliphatic carbocycles. The number of hydrogen-bond acceptors (Lipinski definition) is 8. The Morgan fingerprint density at radius 3 is 2.40 bits per heavy atom. The number of sulfonamides is 1. The largest absolute Gasteiger partial charge is 0.497 e. The fourth-order valence-corrected chi connectivity index (χ4v) is 6.67. The number of ketones is 1. The summed E-state index contributed by atoms with van der Waals surface area (Å²) in [6, 6.07) is 20.6. The van der Waals surface area contributed by atoms with E-state index in [1.807, 2.05) is 24.3 Å². The molecule has 0 aliphatic rings. The molecule has 3 aromatic carbocycles. The summed E-state index contributed by atoms with van der Waals surface area (Å²) in [4.78, 5) is 25.0. The highest BCUT2D eigenvalue weighted by molar-refractivity contribution is 8.00. The van der Waals surface area contributed by atoms with Crippen molar-refractivity contribution in [1.29, 1.82) is 0 Å². The first kappa shape index (κ1) is 30.9. The molecule has 0 spiro atoms. The smallest absolute Gasteiger partial charge is 0.243 e. The molecular formula is C30H33N5O5S2. The van der Waals surface area contributed by atoms with E-state index in [4.69, 9.17) is 4.74 Å². The predicted molar refractivity (Wildman–Crippen MR) is 164 cm³/mol. The van der Waals surface area contributed by atoms with Crippen molar-refractivity contribution in [2.75, 3.05) is 25.5 Å². The van der Waals surface area contributed by atoms with Crippen LogP contribution in [0.1, 0.15) is 38.1 Å². The van der Waals surface area contributed by atoms with Crippen LogP contribution in [0.2, 0.25) is 0 Å². The number of aromatic nitrogens is 3. The Labute approximate surface area is 250 Å². The van der Waals surface area contributed by atoms with Gasteiger partial charge in [0.05, 0.1) is 22.9 Å². The number of anilines is 1. The zero-order valence-corrected chi connectivity index (χ0v) is 25.7. The quantitative estimate of drug-likeness (QED) is 0.170. The van der Waals surface area contributed by atoms with Gasteiger partial charge in [-0.1, -0.05) is 55.9 Å². The molecule has 42 heavy (non-hydrogen) atoms. The number of nitrogens with zero attached hydrogens (tertiary/aromatic N) is 4. The Morgan fingerprint density at radius 2 is 1.71 bits per heavy atom. The van der Waals surface area contributed by atoms with Crippen molar-refractivity contribution in [2.45, 2.75) is 43.0 Å². The van der Waals surface area contributed by atoms with Gasteiger partial charge >= 0.3 is 0 Å². The molecule has 0 saturated heterocycles. The molecule has 1 heterocycles. The highest BCUT2D eigenvalue weighted by atomic mass is 32.2. The molecule has 1 aromatic heterocycles. The highest BCUT2D eigenvalue weighted by Crippen LogP contribution is 2.33. The van der Waals surface area contributed by atoms with E-state index in [1.54, 1.807) is 81.0 Å². The second-order valence-corrected chi connectivity index (χ2v) is 12.6. The summed E-state index contributed by atoms with van der Waals surface area (Å²) in [6.07, 6.45) is 0. The van der Waals surface area contributed by atoms with Crippen LogP contribution in [-0.4, -0.2) is 64.6 Å². The van der Waals surface area contributed by atoms with E-state index in [1.165, 1.54) is 23.0 Å². The molecular weight excluding hydrogens is 574 g/mol. The first-order valence-electron chi connectivity index (χ1n) is 13.4. The van der Waals surface area contributed by atoms with E-state index >= 15 is 0 Å². The van der Waals surface area contributed by atoms with Gasteiger partial charge in [-0.2, -0.15) is 4.31 Å². The standard InChI is InChI=1S/C30H33N5O5S2/c1-6-34(7-2)42(38,39)27-16-9-12-23(18-27)28-32-33-30(35(28)25-14-10-15-26(19-25)40-5)41-21(4)29(37)31-24-13-8-11-22(17-24)20(3)36/h8-19,21H,6-7H2,1-5H3,(H,31,37). The van der Waals surface area contributed by atoms with Crippen LogP contribution in [0.5, 0.6) is 5.75 Å². The predicted octanol–water partition coefficient (Wildman–Crippen LogP) is 5.30. The van der Waals surface area contributed by atoms with E-state index in [9.17, 15) is 18.0 Å². The first-order valence-corrected chi connectivity index (χ1v) is 15.7. The highest BCUT2D eigenvalue weighted by Gasteiger charge is 2.25. The zero-order chi connectivity index (χ0) is 30.4. The Morgan fingerprint density at radius 1 is 1.00 bits per heavy atom. The lowest BCUT2D eigenvalue weighted by Crippen LogP contribution is -2.30. The minimum Gasteiger partial charge on any atom is -0.497 e. The summed E-state index contributed by atoms with van der Waals surface area (Å²) in [5.41, 5.74) is 2.24. The van der Waals surface area contributed by atoms with Crippen LogP contribution in [0, 0.1) is 0 Å². The van der Waals surface area contributed by atoms with Crippen molar-refractivity contribution in [3.63, 3.8) is 0 Å². The minimum absolute atomic E-state index is 0.0959. The molecule has 1 N–H and O–H groups in total. The van der Waals surface area contributed by atoms with E-state index in [2.05, 4.69) is 15.5 Å². The Kier molecular flexibility index (Phi) is 9.81. The summed E-state index contributed by atoms with van der Waals surface area (Å²) in [5.74, 6) is 0.636. The van der Waals surface area contributed by atoms with Crippen LogP contribution < -0.4 is 10.1 Å². The third-order valence-corrected chi connectivity index (χ3v) is 9.66. The van der Waals surface area contributed by atoms with Gasteiger partial charge in [-0.05, 0) is 50.2 Å². The van der Waals surface area contributed by atoms with Gasteiger partial charge in [0.1, 0.15) is 5.75 Å². The Balaban J connectivity index is 1.72. The summed E-state index contributed by atoms with van der Waals surface area (Å²) < 4.78 is 35.1. The van der Waals surface area contributed by atoms with Crippen LogP contribution >= 0.6 is 11.8 Å². The van der Waals surface area contributed by atoms with Crippen molar-refractivity contribution in [1.82, 2.24) is 19.1 Å². The van der Waals surface area contributed by atoms with Gasteiger partial charge in [0.15, 0.2) is 16.8 Å². The van der Waals surface area contributed by atoms with Gasteiger partial charge in [-0.25, -0.2) is 8.42 Å². The van der Waals surface area contributed by atoms with Gasteiger partial charge in [-0.15, -0.1) is 10.2 Å². The number of amides is 1. The fourth-order valence-electron chi connectivity index (χ4n) is 4.30. The number of Topliss-reactive ketones (excluding diaryl/α,β-unsaturated/α-hetero) is 1. The maximum absolute atomic E-state index is 13.2. The lowest BCUT2D eigenvalue weighted by molar-refractivity contribution is -0.115. The van der Waals surface area contributed by atoms with Gasteiger partial charge < -0.3 is 10.1 Å². The monoisotopic (exact) mass is 607 g/mol. The second-order valence-electron chi connectivity index (χ2n) is 9.35. The molecule has 4 rings (SSSR count). The topological polar surface area (TPSA) is 123 Å². The van der Waals surface area contributed by atoms with E-state index in [0.717, 1.165) is 0 Å². The summed E-state index contributed by atoms with van der Waals surface area (Å²) in [7, 11) is -2.14. The Bertz CT molecular complexity index is 1700. The van der Waals surface area contributed by atoms with Gasteiger partial charge in [0.2, 0.25) is 15.9 Å². The molecule has 1 atom stereocenters. The van der Waals surface area contributed by atoms with Crippen LogP contribution in [0.4, 0.5) is 5.69 Å². The van der Waals surface area contributed by atoms with E-state index in [-0.39, 0.29) is 16.6 Å². The number of methoxy groups -OCH3 is 1. The molecule has 1 amide bonds. The Hall–Kier alpha value is -4.00. The summed E-state index contributed by atoms with van der Waals surface area (Å²) in [5, 5.41) is 11.5. The zero-order valence-electron chi connectivity index (χ0n) is 24.1. The lowest BCUT2D eigenvalue weighted by Gasteiger charge is -2.19. The van der Waals surface area contributed by atoms with Crippen LogP contribution in [0.15, 0.2) is 82.8 Å². The van der Waals surface area contributed by atoms with Crippen molar-refractivity contribution in [3.05, 3.63) is 78.4 Å². The lowest BCUT2D eigenvalue weighted by atomic mass is 10.1. The van der Waals surface area contributed by atoms with Crippen LogP contribution in [0.25, 0.3) is 17.1 Å². The molecule has 4 aromatic rings. The number of carbonyl (C=O) groups is 2. The molecule has 0 aliphatic heterocycles. The molecule has 0 radical (unpaired) electrons. The van der Waals surface area contributed by atoms with Gasteiger partial charge in [-0.3, -0.25) is 14.2 Å². The molecule has 220 valence electrons. The molecule has 0 bridgehead atoms. The summed E-state index contributed by atoms with van der Waals surface area (Å²) in [6.45, 7) is 7.51. The average Bonchev–Trinajstić information content (AvgIpc) is 3.41. The number of hydrogen-bond donors (Lipinski definition) is 1. The van der Waals surface area contributed by atoms with Crippen molar-refractivity contribution in [2.24, 2.45) is 0 Å². The van der Waals surface area contributed by atoms with E-state index < -0.39 is 15.3 Å². The van der Waals surface area contributed by atoms with Crippen LogP contribution in [-0.2, 0) is 14.8 Å². The average molecular weight is 608 g/mol. The number of nitrogens with one attached hydrogen (secondary N) is 1. The van der Waals surface area contributed by atoms with Gasteiger partial charge in [0.25, 0.3) is 0 Å². The molecule has 0 saturated carbocycles. The number of thioether (sulfide) groups is 1. The third-order valence-electron chi connectivity index (χ3n) is 6.57. The van der Waals surface area contributed by atoms with E-state index in [0.29, 0.717) is 52.3 Å². The maximum Gasteiger partial charge on any atom is 0.243 e.